The summed E-state index contributed by atoms with van der Waals surface area (Å²) in [5.41, 5.74) is 0.427. The highest BCUT2D eigenvalue weighted by molar-refractivity contribution is 5.94. The van der Waals surface area contributed by atoms with Gasteiger partial charge in [-0.15, -0.1) is 0 Å². The highest BCUT2D eigenvalue weighted by Crippen LogP contribution is 2.17. The number of amides is 1. The van der Waals surface area contributed by atoms with E-state index in [-0.39, 0.29) is 17.8 Å². The summed E-state index contributed by atoms with van der Waals surface area (Å²) in [6.45, 7) is 2.01. The molecule has 1 heterocycles. The number of carbonyl (C=O) groups excluding carboxylic acids is 1. The molecule has 0 N–H and O–H groups in total. The molecular weight excluding hydrogens is 231 g/mol. The summed E-state index contributed by atoms with van der Waals surface area (Å²) in [5.74, 6) is -0.457. The van der Waals surface area contributed by atoms with E-state index in [0.717, 1.165) is 25.9 Å². The van der Waals surface area contributed by atoms with Crippen LogP contribution in [0.3, 0.4) is 0 Å². The quantitative estimate of drug-likeness (QED) is 0.801. The van der Waals surface area contributed by atoms with Gasteiger partial charge in [-0.2, -0.15) is 0 Å². The van der Waals surface area contributed by atoms with Crippen LogP contribution in [0, 0.1) is 5.82 Å². The van der Waals surface area contributed by atoms with Gasteiger partial charge in [-0.3, -0.25) is 4.79 Å². The lowest BCUT2D eigenvalue weighted by Crippen LogP contribution is -2.44. The zero-order valence-electron chi connectivity index (χ0n) is 10.9. The smallest absolute Gasteiger partial charge is 0.253 e. The number of benzene rings is 1. The highest BCUT2D eigenvalue weighted by atomic mass is 19.1. The number of nitrogens with zero attached hydrogens (tertiary/aromatic N) is 2. The third-order valence-corrected chi connectivity index (χ3v) is 3.63. The molecule has 3 nitrogen and oxygen atoms in total. The van der Waals surface area contributed by atoms with Crippen molar-refractivity contribution in [1.29, 1.82) is 0 Å². The molecule has 0 aliphatic carbocycles. The number of carbonyl (C=O) groups is 1. The van der Waals surface area contributed by atoms with Crippen LogP contribution in [0.5, 0.6) is 0 Å². The second-order valence-corrected chi connectivity index (χ2v) is 4.96. The van der Waals surface area contributed by atoms with Crippen molar-refractivity contribution in [3.8, 4) is 0 Å². The number of piperidine rings is 1. The van der Waals surface area contributed by atoms with Crippen molar-refractivity contribution in [2.75, 3.05) is 27.2 Å². The van der Waals surface area contributed by atoms with Gasteiger partial charge in [0.2, 0.25) is 0 Å². The van der Waals surface area contributed by atoms with Gasteiger partial charge in [0.25, 0.3) is 5.91 Å². The lowest BCUT2D eigenvalue weighted by Gasteiger charge is -2.35. The van der Waals surface area contributed by atoms with Gasteiger partial charge in [0.05, 0.1) is 0 Å². The van der Waals surface area contributed by atoms with E-state index in [9.17, 15) is 9.18 Å². The Balaban J connectivity index is 2.04. The molecule has 1 saturated heterocycles. The Kier molecular flexibility index (Phi) is 3.97. The summed E-state index contributed by atoms with van der Waals surface area (Å²) in [4.78, 5) is 16.2. The van der Waals surface area contributed by atoms with E-state index in [4.69, 9.17) is 0 Å². The maximum Gasteiger partial charge on any atom is 0.253 e. The maximum atomic E-state index is 13.1. The Morgan fingerprint density at radius 2 is 2.06 bits per heavy atom. The average Bonchev–Trinajstić information content (AvgIpc) is 2.38. The Hall–Kier alpha value is -1.42. The number of halogens is 1. The largest absolute Gasteiger partial charge is 0.339 e. The summed E-state index contributed by atoms with van der Waals surface area (Å²) < 4.78 is 13.1. The SMILES string of the molecule is CN1CCC(N(C)C(=O)c2cccc(F)c2)CC1. The molecule has 1 amide bonds. The topological polar surface area (TPSA) is 23.6 Å². The molecule has 4 heteroatoms. The van der Waals surface area contributed by atoms with Crippen molar-refractivity contribution >= 4 is 5.91 Å². The molecule has 0 bridgehead atoms. The van der Waals surface area contributed by atoms with Gasteiger partial charge in [-0.1, -0.05) is 6.07 Å². The van der Waals surface area contributed by atoms with Gasteiger partial charge >= 0.3 is 0 Å². The Morgan fingerprint density at radius 1 is 1.39 bits per heavy atom. The molecule has 0 atom stereocenters. The molecule has 18 heavy (non-hydrogen) atoms. The molecule has 2 rings (SSSR count). The number of hydrogen-bond acceptors (Lipinski definition) is 2. The zero-order valence-corrected chi connectivity index (χ0v) is 10.9. The molecule has 0 aromatic heterocycles. The minimum absolute atomic E-state index is 0.0935. The van der Waals surface area contributed by atoms with Crippen molar-refractivity contribution in [1.82, 2.24) is 9.80 Å². The normalized spacial score (nSPS) is 17.7. The Bertz CT molecular complexity index is 428. The third kappa shape index (κ3) is 2.88. The van der Waals surface area contributed by atoms with E-state index in [1.54, 1.807) is 17.0 Å². The van der Waals surface area contributed by atoms with Crippen molar-refractivity contribution in [2.24, 2.45) is 0 Å². The fraction of sp³-hybridized carbons (Fsp3) is 0.500. The molecule has 1 aliphatic rings. The summed E-state index contributed by atoms with van der Waals surface area (Å²) in [6.07, 6.45) is 1.96. The predicted octanol–water partition coefficient (Wildman–Crippen LogP) is 1.99. The van der Waals surface area contributed by atoms with Crippen molar-refractivity contribution in [3.63, 3.8) is 0 Å². The Morgan fingerprint density at radius 3 is 2.67 bits per heavy atom. The second kappa shape index (κ2) is 5.48. The van der Waals surface area contributed by atoms with Crippen LogP contribution in [0.4, 0.5) is 4.39 Å². The first-order chi connectivity index (χ1) is 8.58. The van der Waals surface area contributed by atoms with Gasteiger partial charge in [0, 0.05) is 18.7 Å². The molecule has 0 spiro atoms. The maximum absolute atomic E-state index is 13.1. The molecule has 1 aliphatic heterocycles. The van der Waals surface area contributed by atoms with Crippen LogP contribution >= 0.6 is 0 Å². The molecule has 0 radical (unpaired) electrons. The monoisotopic (exact) mass is 250 g/mol. The predicted molar refractivity (Wildman–Crippen MR) is 69.0 cm³/mol. The van der Waals surface area contributed by atoms with Crippen molar-refractivity contribution in [2.45, 2.75) is 18.9 Å². The van der Waals surface area contributed by atoms with Crippen LogP contribution in [0.25, 0.3) is 0 Å². The molecular formula is C14H19FN2O. The number of likely N-dealkylation sites (tertiary alicyclic amines) is 1. The van der Waals surface area contributed by atoms with Gasteiger partial charge < -0.3 is 9.80 Å². The van der Waals surface area contributed by atoms with Crippen molar-refractivity contribution in [3.05, 3.63) is 35.6 Å². The molecule has 0 saturated carbocycles. The van der Waals surface area contributed by atoms with Crippen LogP contribution in [0.2, 0.25) is 0 Å². The van der Waals surface area contributed by atoms with Gasteiger partial charge in [0.15, 0.2) is 0 Å². The standard InChI is InChI=1S/C14H19FN2O/c1-16-8-6-13(7-9-16)17(2)14(18)11-4-3-5-12(15)10-11/h3-5,10,13H,6-9H2,1-2H3. The van der Waals surface area contributed by atoms with E-state index in [1.807, 2.05) is 7.05 Å². The lowest BCUT2D eigenvalue weighted by atomic mass is 10.0. The van der Waals surface area contributed by atoms with Crippen LogP contribution in [0.1, 0.15) is 23.2 Å². The molecule has 98 valence electrons. The summed E-state index contributed by atoms with van der Waals surface area (Å²) in [6, 6.07) is 6.15. The van der Waals surface area contributed by atoms with Gasteiger partial charge in [-0.05, 0) is 51.2 Å². The minimum atomic E-state index is -0.363. The van der Waals surface area contributed by atoms with E-state index in [0.29, 0.717) is 5.56 Å². The second-order valence-electron chi connectivity index (χ2n) is 4.96. The lowest BCUT2D eigenvalue weighted by molar-refractivity contribution is 0.0659. The molecule has 1 fully saturated rings. The number of hydrogen-bond donors (Lipinski definition) is 0. The molecule has 1 aromatic carbocycles. The van der Waals surface area contributed by atoms with Crippen molar-refractivity contribution < 1.29 is 9.18 Å². The van der Waals surface area contributed by atoms with E-state index < -0.39 is 0 Å². The average molecular weight is 250 g/mol. The molecule has 0 unspecified atom stereocenters. The number of rotatable bonds is 2. The van der Waals surface area contributed by atoms with Gasteiger partial charge in [-0.25, -0.2) is 4.39 Å². The van der Waals surface area contributed by atoms with E-state index >= 15 is 0 Å². The minimum Gasteiger partial charge on any atom is -0.339 e. The van der Waals surface area contributed by atoms with Crippen LogP contribution in [-0.4, -0.2) is 48.9 Å². The van der Waals surface area contributed by atoms with Crippen LogP contribution < -0.4 is 0 Å². The van der Waals surface area contributed by atoms with E-state index in [1.165, 1.54) is 12.1 Å². The molecule has 1 aromatic rings. The summed E-state index contributed by atoms with van der Waals surface area (Å²) in [5, 5.41) is 0. The fourth-order valence-corrected chi connectivity index (χ4v) is 2.37. The van der Waals surface area contributed by atoms with Crippen LogP contribution in [0.15, 0.2) is 24.3 Å². The summed E-state index contributed by atoms with van der Waals surface area (Å²) >= 11 is 0. The fourth-order valence-electron chi connectivity index (χ4n) is 2.37. The summed E-state index contributed by atoms with van der Waals surface area (Å²) in [7, 11) is 3.90. The van der Waals surface area contributed by atoms with Gasteiger partial charge in [0.1, 0.15) is 5.82 Å². The first kappa shape index (κ1) is 13.0. The zero-order chi connectivity index (χ0) is 13.1. The van der Waals surface area contributed by atoms with E-state index in [2.05, 4.69) is 11.9 Å². The first-order valence-corrected chi connectivity index (χ1v) is 6.29. The highest BCUT2D eigenvalue weighted by Gasteiger charge is 2.24. The third-order valence-electron chi connectivity index (χ3n) is 3.63. The van der Waals surface area contributed by atoms with Crippen LogP contribution in [-0.2, 0) is 0 Å². The Labute approximate surface area is 107 Å². The first-order valence-electron chi connectivity index (χ1n) is 6.29.